The molecule has 0 unspecified atom stereocenters. The molecule has 2 aromatic heterocycles. The molecule has 10 rings (SSSR count). The Kier molecular flexibility index (Phi) is 7.60. The summed E-state index contributed by atoms with van der Waals surface area (Å²) >= 11 is 0. The number of benzene rings is 7. The molecule has 0 saturated heterocycles. The van der Waals surface area contributed by atoms with E-state index in [1.807, 2.05) is 18.2 Å². The molecule has 7 aromatic carbocycles. The first-order valence-corrected chi connectivity index (χ1v) is 19.3. The molecule has 9 aromatic rings. The van der Waals surface area contributed by atoms with Gasteiger partial charge >= 0.3 is 0 Å². The number of aromatic nitrogens is 4. The molecule has 0 bridgehead atoms. The monoisotopic (exact) mass is 710 g/mol. The van der Waals surface area contributed by atoms with Crippen molar-refractivity contribution in [3.8, 4) is 51.0 Å². The average molecular weight is 711 g/mol. The molecular weight excluding hydrogens is 669 g/mol. The van der Waals surface area contributed by atoms with Crippen molar-refractivity contribution in [2.45, 2.75) is 51.4 Å². The highest BCUT2D eigenvalue weighted by molar-refractivity contribution is 6.10. The summed E-state index contributed by atoms with van der Waals surface area (Å²) in [6, 6.07) is 56.3. The van der Waals surface area contributed by atoms with Gasteiger partial charge in [-0.2, -0.15) is 0 Å². The Morgan fingerprint density at radius 1 is 0.400 bits per heavy atom. The van der Waals surface area contributed by atoms with E-state index >= 15 is 0 Å². The average Bonchev–Trinajstić information content (AvgIpc) is 3.56. The van der Waals surface area contributed by atoms with Crippen molar-refractivity contribution in [2.75, 3.05) is 0 Å². The lowest BCUT2D eigenvalue weighted by molar-refractivity contribution is 0.332. The van der Waals surface area contributed by atoms with Crippen molar-refractivity contribution in [1.29, 1.82) is 0 Å². The predicted octanol–water partition coefficient (Wildman–Crippen LogP) is 13.1. The first-order chi connectivity index (χ1) is 26.7. The van der Waals surface area contributed by atoms with Crippen LogP contribution in [0.2, 0.25) is 0 Å². The van der Waals surface area contributed by atoms with E-state index in [0.717, 1.165) is 27.9 Å². The van der Waals surface area contributed by atoms with Crippen molar-refractivity contribution < 1.29 is 0 Å². The predicted molar refractivity (Wildman–Crippen MR) is 229 cm³/mol. The highest BCUT2D eigenvalue weighted by atomic mass is 15.0. The Morgan fingerprint density at radius 2 is 0.909 bits per heavy atom. The van der Waals surface area contributed by atoms with E-state index in [1.165, 1.54) is 62.1 Å². The smallest absolute Gasteiger partial charge is 0.164 e. The molecule has 2 heterocycles. The highest BCUT2D eigenvalue weighted by Crippen LogP contribution is 2.48. The van der Waals surface area contributed by atoms with Crippen molar-refractivity contribution in [1.82, 2.24) is 19.5 Å². The second kappa shape index (κ2) is 12.6. The van der Waals surface area contributed by atoms with Crippen LogP contribution in [-0.2, 0) is 10.8 Å². The van der Waals surface area contributed by atoms with E-state index in [1.54, 1.807) is 0 Å². The van der Waals surface area contributed by atoms with Gasteiger partial charge in [-0.15, -0.1) is 0 Å². The molecule has 266 valence electrons. The fourth-order valence-electron chi connectivity index (χ4n) is 8.60. The SMILES string of the molecule is CC1(C)CCC(C)(C)c2cc3c(cc21)c1ccccc1n3-c1ccc(-c2nc(-c3ccccc3)nc(-c3ccc(-c4ccc5ccccc5c4)cc3)n2)cc1. The first kappa shape index (κ1) is 33.2. The van der Waals surface area contributed by atoms with Gasteiger partial charge in [-0.25, -0.2) is 15.0 Å². The molecule has 55 heavy (non-hydrogen) atoms. The molecule has 0 radical (unpaired) electrons. The van der Waals surface area contributed by atoms with Gasteiger partial charge in [0, 0.05) is 33.2 Å². The van der Waals surface area contributed by atoms with Crippen LogP contribution in [0, 0.1) is 0 Å². The summed E-state index contributed by atoms with van der Waals surface area (Å²) in [4.78, 5) is 15.1. The van der Waals surface area contributed by atoms with Gasteiger partial charge in [0.05, 0.1) is 11.0 Å². The summed E-state index contributed by atoms with van der Waals surface area (Å²) in [5, 5.41) is 5.06. The molecule has 0 N–H and O–H groups in total. The highest BCUT2D eigenvalue weighted by Gasteiger charge is 2.37. The van der Waals surface area contributed by atoms with E-state index < -0.39 is 0 Å². The van der Waals surface area contributed by atoms with E-state index in [4.69, 9.17) is 15.0 Å². The van der Waals surface area contributed by atoms with E-state index in [0.29, 0.717) is 17.5 Å². The minimum absolute atomic E-state index is 0.119. The van der Waals surface area contributed by atoms with Crippen molar-refractivity contribution in [3.05, 3.63) is 169 Å². The van der Waals surface area contributed by atoms with E-state index in [2.05, 4.69) is 172 Å². The summed E-state index contributed by atoms with van der Waals surface area (Å²) in [6.07, 6.45) is 2.38. The molecule has 1 aliphatic rings. The molecule has 4 heteroatoms. The standard InChI is InChI=1S/C51H42N4/c1-50(2)28-29-51(3,4)44-32-46-42(31-43(44)50)41-16-10-11-17-45(41)55(46)40-26-24-37(25-27-40)49-53-47(35-13-6-5-7-14-35)52-48(54-49)36-21-18-34(19-22-36)39-23-20-33-12-8-9-15-38(33)30-39/h5-27,30-32H,28-29H2,1-4H3. The summed E-state index contributed by atoms with van der Waals surface area (Å²) in [7, 11) is 0. The van der Waals surface area contributed by atoms with Crippen molar-refractivity contribution in [3.63, 3.8) is 0 Å². The fourth-order valence-corrected chi connectivity index (χ4v) is 8.60. The van der Waals surface area contributed by atoms with Gasteiger partial charge in [0.2, 0.25) is 0 Å². The Balaban J connectivity index is 1.06. The second-order valence-corrected chi connectivity index (χ2v) is 16.4. The molecule has 4 nitrogen and oxygen atoms in total. The van der Waals surface area contributed by atoms with Crippen LogP contribution in [-0.4, -0.2) is 19.5 Å². The van der Waals surface area contributed by atoms with Crippen LogP contribution in [0.1, 0.15) is 51.7 Å². The van der Waals surface area contributed by atoms with Gasteiger partial charge in [0.25, 0.3) is 0 Å². The quantitative estimate of drug-likeness (QED) is 0.179. The largest absolute Gasteiger partial charge is 0.309 e. The van der Waals surface area contributed by atoms with E-state index in [9.17, 15) is 0 Å². The van der Waals surface area contributed by atoms with Crippen LogP contribution >= 0.6 is 0 Å². The zero-order valence-corrected chi connectivity index (χ0v) is 31.7. The minimum atomic E-state index is 0.119. The summed E-state index contributed by atoms with van der Waals surface area (Å²) in [5.74, 6) is 1.95. The Bertz CT molecular complexity index is 2900. The lowest BCUT2D eigenvalue weighted by atomic mass is 9.63. The third kappa shape index (κ3) is 5.72. The first-order valence-electron chi connectivity index (χ1n) is 19.3. The lowest BCUT2D eigenvalue weighted by Gasteiger charge is -2.42. The van der Waals surface area contributed by atoms with E-state index in [-0.39, 0.29) is 10.8 Å². The molecular formula is C51H42N4. The third-order valence-electron chi connectivity index (χ3n) is 11.9. The van der Waals surface area contributed by atoms with Gasteiger partial charge in [-0.3, -0.25) is 0 Å². The number of para-hydroxylation sites is 1. The van der Waals surface area contributed by atoms with Crippen molar-refractivity contribution >= 4 is 32.6 Å². The molecule has 1 aliphatic carbocycles. The Morgan fingerprint density at radius 3 is 1.58 bits per heavy atom. The van der Waals surface area contributed by atoms with Gasteiger partial charge in [0.1, 0.15) is 0 Å². The van der Waals surface area contributed by atoms with Crippen LogP contribution in [0.15, 0.2) is 158 Å². The van der Waals surface area contributed by atoms with Crippen LogP contribution in [0.5, 0.6) is 0 Å². The molecule has 0 amide bonds. The minimum Gasteiger partial charge on any atom is -0.309 e. The molecule has 0 saturated carbocycles. The third-order valence-corrected chi connectivity index (χ3v) is 11.9. The Hall–Kier alpha value is -6.39. The number of hydrogen-bond acceptors (Lipinski definition) is 3. The number of rotatable bonds is 5. The molecule has 0 fully saturated rings. The summed E-state index contributed by atoms with van der Waals surface area (Å²) in [6.45, 7) is 9.62. The van der Waals surface area contributed by atoms with Gasteiger partial charge in [-0.1, -0.05) is 137 Å². The normalized spacial score (nSPS) is 14.7. The van der Waals surface area contributed by atoms with Crippen LogP contribution in [0.3, 0.4) is 0 Å². The van der Waals surface area contributed by atoms with Crippen LogP contribution in [0.25, 0.3) is 83.6 Å². The molecule has 0 atom stereocenters. The maximum atomic E-state index is 5.08. The van der Waals surface area contributed by atoms with Gasteiger partial charge in [-0.05, 0) is 105 Å². The summed E-state index contributed by atoms with van der Waals surface area (Å²) < 4.78 is 2.43. The molecule has 0 aliphatic heterocycles. The topological polar surface area (TPSA) is 43.6 Å². The number of fused-ring (bicyclic) bond motifs is 5. The second-order valence-electron chi connectivity index (χ2n) is 16.4. The maximum Gasteiger partial charge on any atom is 0.164 e. The van der Waals surface area contributed by atoms with Crippen molar-refractivity contribution in [2.24, 2.45) is 0 Å². The van der Waals surface area contributed by atoms with Gasteiger partial charge < -0.3 is 4.57 Å². The summed E-state index contributed by atoms with van der Waals surface area (Å²) in [5.41, 5.74) is 12.0. The fraction of sp³-hybridized carbons (Fsp3) is 0.157. The van der Waals surface area contributed by atoms with Crippen LogP contribution < -0.4 is 0 Å². The van der Waals surface area contributed by atoms with Crippen LogP contribution in [0.4, 0.5) is 0 Å². The Labute approximate surface area is 322 Å². The van der Waals surface area contributed by atoms with Gasteiger partial charge in [0.15, 0.2) is 17.5 Å². The number of nitrogens with zero attached hydrogens (tertiary/aromatic N) is 4. The molecule has 0 spiro atoms. The zero-order chi connectivity index (χ0) is 37.3. The lowest BCUT2D eigenvalue weighted by Crippen LogP contribution is -2.33. The zero-order valence-electron chi connectivity index (χ0n) is 31.7. The number of hydrogen-bond donors (Lipinski definition) is 0. The maximum absolute atomic E-state index is 5.08.